The van der Waals surface area contributed by atoms with Crippen LogP contribution in [0, 0.1) is 0 Å². The van der Waals surface area contributed by atoms with Crippen LogP contribution in [0.15, 0.2) is 30.3 Å². The lowest BCUT2D eigenvalue weighted by Crippen LogP contribution is -2.58. The van der Waals surface area contributed by atoms with E-state index < -0.39 is 10.8 Å². The van der Waals surface area contributed by atoms with E-state index in [0.29, 0.717) is 25.5 Å². The van der Waals surface area contributed by atoms with Gasteiger partial charge in [0.05, 0.1) is 4.75 Å². The van der Waals surface area contributed by atoms with Crippen LogP contribution in [-0.2, 0) is 19.7 Å². The molecule has 1 aromatic rings. The summed E-state index contributed by atoms with van der Waals surface area (Å²) in [5, 5.41) is 5.94. The van der Waals surface area contributed by atoms with E-state index in [9.17, 15) is 9.59 Å². The maximum absolute atomic E-state index is 12.6. The van der Waals surface area contributed by atoms with Gasteiger partial charge in [-0.25, -0.2) is 0 Å². The van der Waals surface area contributed by atoms with E-state index in [1.54, 1.807) is 0 Å². The SMILES string of the molecule is CC1(C)SC[C@@H](C(=O)NCC2(c3ccccc3)CCOCC2)NC1=O. The first-order valence-electron chi connectivity index (χ1n) is 8.79. The van der Waals surface area contributed by atoms with Gasteiger partial charge in [-0.15, -0.1) is 11.8 Å². The molecule has 0 aliphatic carbocycles. The first-order valence-corrected chi connectivity index (χ1v) is 9.77. The van der Waals surface area contributed by atoms with Crippen molar-refractivity contribution in [2.45, 2.75) is 42.9 Å². The van der Waals surface area contributed by atoms with Crippen molar-refractivity contribution >= 4 is 23.6 Å². The van der Waals surface area contributed by atoms with Crippen LogP contribution >= 0.6 is 11.8 Å². The lowest BCUT2D eigenvalue weighted by Gasteiger charge is -2.39. The minimum atomic E-state index is -0.469. The number of hydrogen-bond donors (Lipinski definition) is 2. The largest absolute Gasteiger partial charge is 0.381 e. The Hall–Kier alpha value is -1.53. The Morgan fingerprint density at radius 2 is 1.96 bits per heavy atom. The van der Waals surface area contributed by atoms with Crippen molar-refractivity contribution in [2.24, 2.45) is 0 Å². The summed E-state index contributed by atoms with van der Waals surface area (Å²) in [6, 6.07) is 9.86. The van der Waals surface area contributed by atoms with Gasteiger partial charge in [0, 0.05) is 30.9 Å². The fourth-order valence-electron chi connectivity index (χ4n) is 3.37. The van der Waals surface area contributed by atoms with Gasteiger partial charge in [0.25, 0.3) is 0 Å². The molecule has 136 valence electrons. The van der Waals surface area contributed by atoms with E-state index in [-0.39, 0.29) is 17.2 Å². The molecule has 0 unspecified atom stereocenters. The average molecular weight is 362 g/mol. The number of thioether (sulfide) groups is 1. The molecule has 6 heteroatoms. The Morgan fingerprint density at radius 3 is 2.60 bits per heavy atom. The maximum Gasteiger partial charge on any atom is 0.243 e. The molecule has 0 spiro atoms. The van der Waals surface area contributed by atoms with E-state index in [2.05, 4.69) is 22.8 Å². The number of ether oxygens (including phenoxy) is 1. The van der Waals surface area contributed by atoms with Crippen LogP contribution in [0.2, 0.25) is 0 Å². The van der Waals surface area contributed by atoms with E-state index >= 15 is 0 Å². The van der Waals surface area contributed by atoms with Crippen LogP contribution < -0.4 is 10.6 Å². The second kappa shape index (κ2) is 7.38. The Kier molecular flexibility index (Phi) is 5.39. The minimum Gasteiger partial charge on any atom is -0.381 e. The van der Waals surface area contributed by atoms with Crippen molar-refractivity contribution in [3.8, 4) is 0 Å². The molecule has 1 aromatic carbocycles. The Morgan fingerprint density at radius 1 is 1.28 bits per heavy atom. The van der Waals surface area contributed by atoms with Crippen LogP contribution in [-0.4, -0.2) is 48.1 Å². The van der Waals surface area contributed by atoms with Gasteiger partial charge in [-0.2, -0.15) is 0 Å². The predicted molar refractivity (Wildman–Crippen MR) is 99.7 cm³/mol. The molecule has 2 fully saturated rings. The van der Waals surface area contributed by atoms with Crippen LogP contribution in [0.1, 0.15) is 32.3 Å². The summed E-state index contributed by atoms with van der Waals surface area (Å²) >= 11 is 1.53. The molecule has 0 bridgehead atoms. The number of carbonyl (C=O) groups is 2. The maximum atomic E-state index is 12.6. The molecule has 2 N–H and O–H groups in total. The zero-order chi connectivity index (χ0) is 17.9. The summed E-state index contributed by atoms with van der Waals surface area (Å²) in [6.07, 6.45) is 1.77. The molecular weight excluding hydrogens is 336 g/mol. The van der Waals surface area contributed by atoms with Crippen molar-refractivity contribution in [3.63, 3.8) is 0 Å². The monoisotopic (exact) mass is 362 g/mol. The first-order chi connectivity index (χ1) is 11.9. The number of nitrogens with one attached hydrogen (secondary N) is 2. The van der Waals surface area contributed by atoms with Gasteiger partial charge in [0.2, 0.25) is 11.8 Å². The van der Waals surface area contributed by atoms with Gasteiger partial charge in [-0.1, -0.05) is 30.3 Å². The lowest BCUT2D eigenvalue weighted by atomic mass is 9.74. The molecule has 1 atom stereocenters. The van der Waals surface area contributed by atoms with Crippen molar-refractivity contribution < 1.29 is 14.3 Å². The topological polar surface area (TPSA) is 67.4 Å². The smallest absolute Gasteiger partial charge is 0.243 e. The second-order valence-electron chi connectivity index (χ2n) is 7.32. The van der Waals surface area contributed by atoms with Crippen molar-refractivity contribution in [1.29, 1.82) is 0 Å². The van der Waals surface area contributed by atoms with Crippen LogP contribution in [0.3, 0.4) is 0 Å². The molecule has 0 saturated carbocycles. The van der Waals surface area contributed by atoms with Crippen molar-refractivity contribution in [3.05, 3.63) is 35.9 Å². The molecule has 2 aliphatic rings. The zero-order valence-corrected chi connectivity index (χ0v) is 15.7. The standard InChI is InChI=1S/C19H26N2O3S/c1-18(2)17(23)21-15(12-25-18)16(22)20-13-19(8-10-24-11-9-19)14-6-4-3-5-7-14/h3-7,15H,8-13H2,1-2H3,(H,20,22)(H,21,23)/t15-/m0/s1. The van der Waals surface area contributed by atoms with Crippen molar-refractivity contribution in [2.75, 3.05) is 25.5 Å². The van der Waals surface area contributed by atoms with Gasteiger partial charge in [0.15, 0.2) is 0 Å². The van der Waals surface area contributed by atoms with Gasteiger partial charge >= 0.3 is 0 Å². The molecular formula is C19H26N2O3S. The highest BCUT2D eigenvalue weighted by atomic mass is 32.2. The van der Waals surface area contributed by atoms with Gasteiger partial charge in [-0.3, -0.25) is 9.59 Å². The minimum absolute atomic E-state index is 0.0762. The average Bonchev–Trinajstić information content (AvgIpc) is 2.63. The first kappa shape index (κ1) is 18.3. The zero-order valence-electron chi connectivity index (χ0n) is 14.8. The van der Waals surface area contributed by atoms with Crippen LogP contribution in [0.25, 0.3) is 0 Å². The highest BCUT2D eigenvalue weighted by Gasteiger charge is 2.39. The number of hydrogen-bond acceptors (Lipinski definition) is 4. The van der Waals surface area contributed by atoms with Gasteiger partial charge < -0.3 is 15.4 Å². The molecule has 2 amide bonds. The Bertz CT molecular complexity index is 627. The molecule has 2 aliphatic heterocycles. The van der Waals surface area contributed by atoms with Gasteiger partial charge in [0.1, 0.15) is 6.04 Å². The summed E-state index contributed by atoms with van der Waals surface area (Å²) in [4.78, 5) is 24.7. The molecule has 5 nitrogen and oxygen atoms in total. The molecule has 3 rings (SSSR count). The third-order valence-corrected chi connectivity index (χ3v) is 6.62. The summed E-state index contributed by atoms with van der Waals surface area (Å²) < 4.78 is 5.06. The highest BCUT2D eigenvalue weighted by Crippen LogP contribution is 2.34. The summed E-state index contributed by atoms with van der Waals surface area (Å²) in [5.41, 5.74) is 1.14. The number of carbonyl (C=O) groups excluding carboxylic acids is 2. The number of benzene rings is 1. The molecule has 0 radical (unpaired) electrons. The normalized spacial score (nSPS) is 25.0. The summed E-state index contributed by atoms with van der Waals surface area (Å²) in [5.74, 6) is 0.428. The Labute approximate surface area is 153 Å². The number of amides is 2. The van der Waals surface area contributed by atoms with Gasteiger partial charge in [-0.05, 0) is 32.3 Å². The third-order valence-electron chi connectivity index (χ3n) is 5.22. The van der Waals surface area contributed by atoms with E-state index in [1.807, 2.05) is 32.0 Å². The quantitative estimate of drug-likeness (QED) is 0.858. The van der Waals surface area contributed by atoms with E-state index in [0.717, 1.165) is 12.8 Å². The van der Waals surface area contributed by atoms with E-state index in [1.165, 1.54) is 17.3 Å². The lowest BCUT2D eigenvalue weighted by molar-refractivity contribution is -0.130. The van der Waals surface area contributed by atoms with E-state index in [4.69, 9.17) is 4.74 Å². The number of rotatable bonds is 4. The van der Waals surface area contributed by atoms with Crippen LogP contribution in [0.5, 0.6) is 0 Å². The fourth-order valence-corrected chi connectivity index (χ4v) is 4.38. The highest BCUT2D eigenvalue weighted by molar-refractivity contribution is 8.01. The Balaban J connectivity index is 1.66. The molecule has 25 heavy (non-hydrogen) atoms. The van der Waals surface area contributed by atoms with Crippen molar-refractivity contribution in [1.82, 2.24) is 10.6 Å². The summed E-state index contributed by atoms with van der Waals surface area (Å²) in [6.45, 7) is 5.74. The molecule has 2 heterocycles. The van der Waals surface area contributed by atoms with Crippen LogP contribution in [0.4, 0.5) is 0 Å². The molecule has 2 saturated heterocycles. The second-order valence-corrected chi connectivity index (χ2v) is 8.97. The summed E-state index contributed by atoms with van der Waals surface area (Å²) in [7, 11) is 0. The molecule has 0 aromatic heterocycles. The third kappa shape index (κ3) is 4.01. The predicted octanol–water partition coefficient (Wildman–Crippen LogP) is 1.86. The fraction of sp³-hybridized carbons (Fsp3) is 0.579.